The van der Waals surface area contributed by atoms with Crippen molar-refractivity contribution in [3.8, 4) is 0 Å². The van der Waals surface area contributed by atoms with Crippen LogP contribution in [0.1, 0.15) is 73.9 Å². The lowest BCUT2D eigenvalue weighted by molar-refractivity contribution is -0.0800. The molecule has 1 saturated heterocycles. The molecule has 2 aromatic carbocycles. The van der Waals surface area contributed by atoms with E-state index in [0.29, 0.717) is 25.1 Å². The fourth-order valence-electron chi connectivity index (χ4n) is 6.18. The smallest absolute Gasteiger partial charge is 0.404 e. The topological polar surface area (TPSA) is 86.7 Å². The second-order valence-corrected chi connectivity index (χ2v) is 12.6. The number of carboxylic acid groups (broad SMARTS) is 1. The fraction of sp³-hybridized carbons (Fsp3) is 0.455. The Labute approximate surface area is 246 Å². The molecule has 0 bridgehead atoms. The van der Waals surface area contributed by atoms with E-state index in [1.165, 1.54) is 22.8 Å². The van der Waals surface area contributed by atoms with Crippen molar-refractivity contribution in [1.82, 2.24) is 20.5 Å². The van der Waals surface area contributed by atoms with Gasteiger partial charge in [-0.1, -0.05) is 51.1 Å². The monoisotopic (exact) mass is 578 g/mol. The van der Waals surface area contributed by atoms with Crippen molar-refractivity contribution in [1.29, 1.82) is 0 Å². The highest BCUT2D eigenvalue weighted by Crippen LogP contribution is 2.43. The van der Waals surface area contributed by atoms with Crippen LogP contribution in [-0.4, -0.2) is 46.8 Å². The van der Waals surface area contributed by atoms with Gasteiger partial charge in [-0.3, -0.25) is 9.88 Å². The molecule has 7 nitrogen and oxygen atoms in total. The van der Waals surface area contributed by atoms with Crippen molar-refractivity contribution >= 4 is 6.09 Å². The Morgan fingerprint density at radius 2 is 1.79 bits per heavy atom. The zero-order valence-electron chi connectivity index (χ0n) is 24.5. The van der Waals surface area contributed by atoms with Crippen LogP contribution in [0.2, 0.25) is 0 Å². The quantitative estimate of drug-likeness (QED) is 0.283. The van der Waals surface area contributed by atoms with Gasteiger partial charge in [-0.15, -0.1) is 0 Å². The minimum atomic E-state index is -1.07. The predicted octanol–water partition coefficient (Wildman–Crippen LogP) is 6.13. The molecular weight excluding hydrogens is 538 g/mol. The summed E-state index contributed by atoms with van der Waals surface area (Å²) < 4.78 is 34.2. The molecular formula is C33H40F2N4O3. The Kier molecular flexibility index (Phi) is 8.92. The number of pyridine rings is 1. The molecule has 5 rings (SSSR count). The Bertz CT molecular complexity index is 1380. The predicted molar refractivity (Wildman–Crippen MR) is 157 cm³/mol. The first-order chi connectivity index (χ1) is 20.0. The molecule has 224 valence electrons. The molecule has 0 aliphatic carbocycles. The number of likely N-dealkylation sites (tertiary alicyclic amines) is 1. The normalized spacial score (nSPS) is 18.0. The maximum absolute atomic E-state index is 14.2. The molecule has 0 saturated carbocycles. The lowest BCUT2D eigenvalue weighted by Gasteiger charge is -2.39. The van der Waals surface area contributed by atoms with Gasteiger partial charge < -0.3 is 20.5 Å². The van der Waals surface area contributed by atoms with Crippen LogP contribution in [0.15, 0.2) is 60.9 Å². The van der Waals surface area contributed by atoms with Crippen LogP contribution in [0.25, 0.3) is 0 Å². The molecule has 1 fully saturated rings. The Balaban J connectivity index is 1.25. The van der Waals surface area contributed by atoms with Crippen LogP contribution in [0.5, 0.6) is 0 Å². The molecule has 3 heterocycles. The highest BCUT2D eigenvalue weighted by Gasteiger charge is 2.42. The summed E-state index contributed by atoms with van der Waals surface area (Å²) in [5, 5.41) is 15.4. The van der Waals surface area contributed by atoms with Crippen LogP contribution < -0.4 is 10.6 Å². The Morgan fingerprint density at radius 3 is 2.45 bits per heavy atom. The molecule has 42 heavy (non-hydrogen) atoms. The number of hydrogen-bond donors (Lipinski definition) is 3. The summed E-state index contributed by atoms with van der Waals surface area (Å²) in [6.07, 6.45) is 5.11. The molecule has 2 aliphatic heterocycles. The number of halogens is 2. The molecule has 0 radical (unpaired) electrons. The number of piperidine rings is 1. The molecule has 2 atom stereocenters. The Hall–Kier alpha value is -3.40. The minimum Gasteiger partial charge on any atom is -0.465 e. The number of nitrogens with zero attached hydrogens (tertiary/aromatic N) is 2. The average Bonchev–Trinajstić information content (AvgIpc) is 3.31. The number of nitrogens with one attached hydrogen (secondary N) is 2. The van der Waals surface area contributed by atoms with E-state index in [9.17, 15) is 18.7 Å². The molecule has 1 amide bonds. The van der Waals surface area contributed by atoms with Gasteiger partial charge in [0.25, 0.3) is 0 Å². The number of hydrogen-bond acceptors (Lipinski definition) is 5. The standard InChI is InChI=1S/C33H40F2N4O3/c1-32(2,3)29(38-31(40)41)11-15-37-30(24-8-9-27(34)28(35)18-24)23-6-4-22(5-7-23)20-39-16-12-33(13-17-39)26-19-36-14-10-25(26)21-42-33/h4-10,14,18-19,29-30,37-38H,11-13,15-17,20-21H2,1-3H3,(H,40,41). The first-order valence-corrected chi connectivity index (χ1v) is 14.6. The van der Waals surface area contributed by atoms with Gasteiger partial charge in [0.15, 0.2) is 11.6 Å². The molecule has 3 N–H and O–H groups in total. The summed E-state index contributed by atoms with van der Waals surface area (Å²) >= 11 is 0. The van der Waals surface area contributed by atoms with Gasteiger partial charge in [0.1, 0.15) is 0 Å². The van der Waals surface area contributed by atoms with Gasteiger partial charge in [0, 0.05) is 43.6 Å². The largest absolute Gasteiger partial charge is 0.465 e. The number of aromatic nitrogens is 1. The van der Waals surface area contributed by atoms with Crippen molar-refractivity contribution in [2.24, 2.45) is 5.41 Å². The molecule has 2 aliphatic rings. The van der Waals surface area contributed by atoms with E-state index in [4.69, 9.17) is 4.74 Å². The lowest BCUT2D eigenvalue weighted by Crippen LogP contribution is -2.45. The summed E-state index contributed by atoms with van der Waals surface area (Å²) in [7, 11) is 0. The van der Waals surface area contributed by atoms with Crippen LogP contribution in [0.4, 0.5) is 13.6 Å². The third-order valence-electron chi connectivity index (χ3n) is 8.69. The van der Waals surface area contributed by atoms with Crippen LogP contribution in [-0.2, 0) is 23.5 Å². The van der Waals surface area contributed by atoms with Crippen LogP contribution >= 0.6 is 0 Å². The molecule has 1 aromatic heterocycles. The maximum Gasteiger partial charge on any atom is 0.404 e. The van der Waals surface area contributed by atoms with E-state index in [0.717, 1.165) is 44.1 Å². The SMILES string of the molecule is CC(C)(C)C(CCNC(c1ccc(CN2CCC3(CC2)OCc2ccncc23)cc1)c1ccc(F)c(F)c1)NC(=O)O. The Morgan fingerprint density at radius 1 is 1.07 bits per heavy atom. The number of fused-ring (bicyclic) bond motifs is 2. The number of ether oxygens (including phenoxy) is 1. The van der Waals surface area contributed by atoms with Crippen molar-refractivity contribution in [2.75, 3.05) is 19.6 Å². The second-order valence-electron chi connectivity index (χ2n) is 12.6. The van der Waals surface area contributed by atoms with Crippen LogP contribution in [0, 0.1) is 17.0 Å². The first kappa shape index (κ1) is 30.1. The lowest BCUT2D eigenvalue weighted by atomic mass is 9.84. The maximum atomic E-state index is 14.2. The van der Waals surface area contributed by atoms with Gasteiger partial charge in [-0.2, -0.15) is 0 Å². The van der Waals surface area contributed by atoms with Gasteiger partial charge in [0.05, 0.1) is 18.2 Å². The van der Waals surface area contributed by atoms with E-state index < -0.39 is 17.7 Å². The molecule has 3 aromatic rings. The van der Waals surface area contributed by atoms with Crippen molar-refractivity contribution in [3.63, 3.8) is 0 Å². The van der Waals surface area contributed by atoms with Crippen molar-refractivity contribution in [3.05, 3.63) is 100 Å². The van der Waals surface area contributed by atoms with Crippen LogP contribution in [0.3, 0.4) is 0 Å². The van der Waals surface area contributed by atoms with E-state index >= 15 is 0 Å². The minimum absolute atomic E-state index is 0.223. The summed E-state index contributed by atoms with van der Waals surface area (Å²) in [5.74, 6) is -1.79. The highest BCUT2D eigenvalue weighted by molar-refractivity contribution is 5.65. The average molecular weight is 579 g/mol. The highest BCUT2D eigenvalue weighted by atomic mass is 19.2. The number of carbonyl (C=O) groups is 1. The van der Waals surface area contributed by atoms with Gasteiger partial charge >= 0.3 is 6.09 Å². The fourth-order valence-corrected chi connectivity index (χ4v) is 6.18. The number of benzene rings is 2. The summed E-state index contributed by atoms with van der Waals surface area (Å²) in [6, 6.07) is 13.6. The molecule has 9 heteroatoms. The van der Waals surface area contributed by atoms with E-state index in [-0.39, 0.29) is 23.1 Å². The third kappa shape index (κ3) is 6.80. The summed E-state index contributed by atoms with van der Waals surface area (Å²) in [4.78, 5) is 18.1. The zero-order chi connectivity index (χ0) is 29.9. The zero-order valence-corrected chi connectivity index (χ0v) is 24.5. The summed E-state index contributed by atoms with van der Waals surface area (Å²) in [6.45, 7) is 9.74. The molecule has 1 spiro atoms. The van der Waals surface area contributed by atoms with Gasteiger partial charge in [-0.25, -0.2) is 13.6 Å². The first-order valence-electron chi connectivity index (χ1n) is 14.6. The van der Waals surface area contributed by atoms with E-state index in [1.54, 1.807) is 6.07 Å². The number of rotatable bonds is 9. The van der Waals surface area contributed by atoms with Crippen molar-refractivity contribution in [2.45, 2.75) is 70.9 Å². The second kappa shape index (κ2) is 12.5. The van der Waals surface area contributed by atoms with E-state index in [2.05, 4.69) is 38.7 Å². The van der Waals surface area contributed by atoms with Gasteiger partial charge in [-0.05, 0) is 71.7 Å². The van der Waals surface area contributed by atoms with Crippen molar-refractivity contribution < 1.29 is 23.4 Å². The summed E-state index contributed by atoms with van der Waals surface area (Å²) in [5.41, 5.74) is 4.67. The number of amides is 1. The van der Waals surface area contributed by atoms with E-state index in [1.807, 2.05) is 45.3 Å². The van der Waals surface area contributed by atoms with Gasteiger partial charge in [0.2, 0.25) is 0 Å². The molecule has 2 unspecified atom stereocenters. The third-order valence-corrected chi connectivity index (χ3v) is 8.69.